The number of amides is 1. The number of halogens is 2. The Kier molecular flexibility index (Phi) is 2.77. The van der Waals surface area contributed by atoms with Crippen LogP contribution >= 0.6 is 23.2 Å². The zero-order valence-corrected chi connectivity index (χ0v) is 9.16. The lowest BCUT2D eigenvalue weighted by atomic mass is 10.3. The molecule has 1 atom stereocenters. The van der Waals surface area contributed by atoms with E-state index in [1.54, 1.807) is 0 Å². The predicted octanol–water partition coefficient (Wildman–Crippen LogP) is 0.847. The van der Waals surface area contributed by atoms with Gasteiger partial charge in [-0.3, -0.25) is 9.69 Å². The zero-order valence-electron chi connectivity index (χ0n) is 7.65. The van der Waals surface area contributed by atoms with Crippen LogP contribution in [-0.4, -0.2) is 28.5 Å². The number of rotatable bonds is 1. The van der Waals surface area contributed by atoms with E-state index < -0.39 is 0 Å². The highest BCUT2D eigenvalue weighted by atomic mass is 35.5. The highest BCUT2D eigenvalue weighted by molar-refractivity contribution is 6.34. The minimum Gasteiger partial charge on any atom is -0.326 e. The summed E-state index contributed by atoms with van der Waals surface area (Å²) in [6.45, 7) is 0.412. The molecule has 15 heavy (non-hydrogen) atoms. The van der Waals surface area contributed by atoms with Gasteiger partial charge in [0.25, 0.3) is 0 Å². The summed E-state index contributed by atoms with van der Waals surface area (Å²) in [6, 6.07) is -0.175. The van der Waals surface area contributed by atoms with E-state index in [4.69, 9.17) is 28.9 Å². The quantitative estimate of drug-likeness (QED) is 0.798. The smallest absolute Gasteiger partial charge is 0.229 e. The maximum atomic E-state index is 11.5. The second-order valence-corrected chi connectivity index (χ2v) is 4.02. The van der Waals surface area contributed by atoms with Gasteiger partial charge in [-0.1, -0.05) is 23.2 Å². The molecule has 0 aromatic carbocycles. The van der Waals surface area contributed by atoms with Gasteiger partial charge in [-0.05, 0) is 0 Å². The van der Waals surface area contributed by atoms with Crippen molar-refractivity contribution < 1.29 is 4.79 Å². The Morgan fingerprint density at radius 1 is 1.53 bits per heavy atom. The average molecular weight is 247 g/mol. The summed E-state index contributed by atoms with van der Waals surface area (Å²) in [5, 5.41) is 0.310. The van der Waals surface area contributed by atoms with E-state index in [0.29, 0.717) is 18.8 Å². The molecule has 1 unspecified atom stereocenters. The third kappa shape index (κ3) is 2.04. The summed E-state index contributed by atoms with van der Waals surface area (Å²) in [6.07, 6.45) is 1.65. The van der Waals surface area contributed by atoms with Crippen LogP contribution in [0.1, 0.15) is 6.42 Å². The Labute approximate surface area is 96.2 Å². The second-order valence-electron chi connectivity index (χ2n) is 3.28. The second kappa shape index (κ2) is 3.92. The van der Waals surface area contributed by atoms with E-state index in [1.807, 2.05) is 0 Å². The molecule has 0 spiro atoms. The summed E-state index contributed by atoms with van der Waals surface area (Å²) in [7, 11) is 0. The molecule has 5 nitrogen and oxygen atoms in total. The molecule has 2 N–H and O–H groups in total. The molecule has 7 heteroatoms. The van der Waals surface area contributed by atoms with Crippen LogP contribution in [0.3, 0.4) is 0 Å². The number of nitrogens with zero attached hydrogens (tertiary/aromatic N) is 3. The van der Waals surface area contributed by atoms with E-state index in [9.17, 15) is 4.79 Å². The number of nitrogens with two attached hydrogens (primary N) is 1. The summed E-state index contributed by atoms with van der Waals surface area (Å²) in [5.74, 6) is 0.222. The molecule has 1 amide bonds. The predicted molar refractivity (Wildman–Crippen MR) is 57.0 cm³/mol. The first-order valence-corrected chi connectivity index (χ1v) is 5.07. The number of aromatic nitrogens is 2. The Hall–Kier alpha value is -0.910. The van der Waals surface area contributed by atoms with E-state index in [1.165, 1.54) is 11.1 Å². The molecule has 1 aliphatic rings. The summed E-state index contributed by atoms with van der Waals surface area (Å²) in [4.78, 5) is 20.7. The highest BCUT2D eigenvalue weighted by Gasteiger charge is 2.30. The lowest BCUT2D eigenvalue weighted by Crippen LogP contribution is -2.29. The van der Waals surface area contributed by atoms with Crippen molar-refractivity contribution >= 4 is 34.9 Å². The molecule has 0 aliphatic carbocycles. The SMILES string of the molecule is NC1CC(=O)N(c2ncc(Cl)nc2Cl)C1. The fraction of sp³-hybridized carbons (Fsp3) is 0.375. The van der Waals surface area contributed by atoms with Crippen LogP contribution in [0.25, 0.3) is 0 Å². The van der Waals surface area contributed by atoms with Gasteiger partial charge in [0.15, 0.2) is 11.0 Å². The van der Waals surface area contributed by atoms with Crippen LogP contribution in [0.2, 0.25) is 10.3 Å². The standard InChI is InChI=1S/C8H8Cl2N4O/c9-5-2-12-8(7(10)13-5)14-3-4(11)1-6(14)15/h2,4H,1,3,11H2. The maximum Gasteiger partial charge on any atom is 0.229 e. The number of hydrogen-bond acceptors (Lipinski definition) is 4. The molecule has 0 saturated carbocycles. The number of carbonyl (C=O) groups is 1. The Morgan fingerprint density at radius 3 is 2.80 bits per heavy atom. The molecule has 1 aromatic heterocycles. The van der Waals surface area contributed by atoms with Crippen LogP contribution in [0, 0.1) is 0 Å². The van der Waals surface area contributed by atoms with Crippen molar-refractivity contribution in [2.45, 2.75) is 12.5 Å². The first kappa shape index (κ1) is 10.6. The van der Waals surface area contributed by atoms with Gasteiger partial charge in [0, 0.05) is 19.0 Å². The fourth-order valence-corrected chi connectivity index (χ4v) is 1.88. The lowest BCUT2D eigenvalue weighted by Gasteiger charge is -2.15. The van der Waals surface area contributed by atoms with Crippen molar-refractivity contribution in [2.24, 2.45) is 5.73 Å². The molecule has 1 saturated heterocycles. The van der Waals surface area contributed by atoms with Crippen LogP contribution < -0.4 is 10.6 Å². The normalized spacial score (nSPS) is 21.1. The third-order valence-corrected chi connectivity index (χ3v) is 2.53. The molecular weight excluding hydrogens is 239 g/mol. The average Bonchev–Trinajstić information content (AvgIpc) is 2.45. The lowest BCUT2D eigenvalue weighted by molar-refractivity contribution is -0.117. The molecule has 0 bridgehead atoms. The van der Waals surface area contributed by atoms with Gasteiger partial charge in [-0.2, -0.15) is 0 Å². The zero-order chi connectivity index (χ0) is 11.0. The molecule has 1 fully saturated rings. The van der Waals surface area contributed by atoms with Gasteiger partial charge in [0.05, 0.1) is 6.20 Å². The summed E-state index contributed by atoms with van der Waals surface area (Å²) < 4.78 is 0. The summed E-state index contributed by atoms with van der Waals surface area (Å²) >= 11 is 11.4. The first-order chi connectivity index (χ1) is 7.08. The molecule has 0 radical (unpaired) electrons. The van der Waals surface area contributed by atoms with Gasteiger partial charge in [0.1, 0.15) is 5.15 Å². The molecule has 1 aromatic rings. The van der Waals surface area contributed by atoms with Gasteiger partial charge >= 0.3 is 0 Å². The molecule has 2 heterocycles. The monoisotopic (exact) mass is 246 g/mol. The van der Waals surface area contributed by atoms with Crippen LogP contribution in [0.15, 0.2) is 6.20 Å². The van der Waals surface area contributed by atoms with E-state index in [-0.39, 0.29) is 22.3 Å². The fourth-order valence-electron chi connectivity index (χ4n) is 1.46. The van der Waals surface area contributed by atoms with Gasteiger partial charge in [0.2, 0.25) is 5.91 Å². The van der Waals surface area contributed by atoms with Crippen LogP contribution in [-0.2, 0) is 4.79 Å². The number of hydrogen-bond donors (Lipinski definition) is 1. The molecule has 2 rings (SSSR count). The number of carbonyl (C=O) groups excluding carboxylic acids is 1. The largest absolute Gasteiger partial charge is 0.326 e. The topological polar surface area (TPSA) is 72.1 Å². The minimum atomic E-state index is -0.175. The third-order valence-electron chi connectivity index (χ3n) is 2.09. The van der Waals surface area contributed by atoms with Crippen molar-refractivity contribution in [3.05, 3.63) is 16.5 Å². The van der Waals surface area contributed by atoms with E-state index >= 15 is 0 Å². The molecular formula is C8H8Cl2N4O. The van der Waals surface area contributed by atoms with Crippen molar-refractivity contribution in [2.75, 3.05) is 11.4 Å². The molecule has 1 aliphatic heterocycles. The van der Waals surface area contributed by atoms with Crippen LogP contribution in [0.4, 0.5) is 5.82 Å². The Balaban J connectivity index is 2.34. The summed E-state index contributed by atoms with van der Waals surface area (Å²) in [5.41, 5.74) is 5.65. The first-order valence-electron chi connectivity index (χ1n) is 4.32. The van der Waals surface area contributed by atoms with Gasteiger partial charge in [-0.15, -0.1) is 0 Å². The van der Waals surface area contributed by atoms with Crippen molar-refractivity contribution in [3.8, 4) is 0 Å². The minimum absolute atomic E-state index is 0.0963. The Bertz CT molecular complexity index is 412. The number of anilines is 1. The highest BCUT2D eigenvalue weighted by Crippen LogP contribution is 2.26. The van der Waals surface area contributed by atoms with Crippen LogP contribution in [0.5, 0.6) is 0 Å². The maximum absolute atomic E-state index is 11.5. The molecule has 80 valence electrons. The van der Waals surface area contributed by atoms with Crippen molar-refractivity contribution in [3.63, 3.8) is 0 Å². The Morgan fingerprint density at radius 2 is 2.27 bits per heavy atom. The van der Waals surface area contributed by atoms with E-state index in [0.717, 1.165) is 0 Å². The van der Waals surface area contributed by atoms with E-state index in [2.05, 4.69) is 9.97 Å². The van der Waals surface area contributed by atoms with Crippen molar-refractivity contribution in [1.82, 2.24) is 9.97 Å². The van der Waals surface area contributed by atoms with Gasteiger partial charge in [-0.25, -0.2) is 9.97 Å². The van der Waals surface area contributed by atoms with Gasteiger partial charge < -0.3 is 5.73 Å². The van der Waals surface area contributed by atoms with Crippen molar-refractivity contribution in [1.29, 1.82) is 0 Å².